The average Bonchev–Trinajstić information content (AvgIpc) is 2.94. The Kier molecular flexibility index (Phi) is 10.7. The van der Waals surface area contributed by atoms with Gasteiger partial charge in [-0.3, -0.25) is 13.9 Å². The number of nitrogens with one attached hydrogen (secondary N) is 1. The van der Waals surface area contributed by atoms with Gasteiger partial charge in [0, 0.05) is 19.5 Å². The second-order valence-electron chi connectivity index (χ2n) is 9.86. The van der Waals surface area contributed by atoms with Gasteiger partial charge in [-0.05, 0) is 60.7 Å². The molecule has 0 heterocycles. The van der Waals surface area contributed by atoms with E-state index in [1.807, 2.05) is 75.4 Å². The maximum atomic E-state index is 14.1. The van der Waals surface area contributed by atoms with Gasteiger partial charge in [0.15, 0.2) is 0 Å². The van der Waals surface area contributed by atoms with Crippen LogP contribution in [0.3, 0.4) is 0 Å². The molecule has 2 amide bonds. The molecule has 0 saturated heterocycles. The van der Waals surface area contributed by atoms with Crippen LogP contribution in [0, 0.1) is 13.8 Å². The highest BCUT2D eigenvalue weighted by molar-refractivity contribution is 7.92. The fourth-order valence-corrected chi connectivity index (χ4v) is 5.39. The molecule has 0 aromatic heterocycles. The molecule has 9 heteroatoms. The minimum absolute atomic E-state index is 0.0947. The summed E-state index contributed by atoms with van der Waals surface area (Å²) in [5.41, 5.74) is 3.75. The van der Waals surface area contributed by atoms with Crippen LogP contribution in [0.15, 0.2) is 72.8 Å². The molecule has 1 atom stereocenters. The second-order valence-corrected chi connectivity index (χ2v) is 11.8. The van der Waals surface area contributed by atoms with Crippen LogP contribution in [0.1, 0.15) is 35.6 Å². The van der Waals surface area contributed by atoms with Gasteiger partial charge in [0.25, 0.3) is 0 Å². The molecular weight excluding hydrogens is 526 g/mol. The Morgan fingerprint density at radius 2 is 1.62 bits per heavy atom. The molecule has 0 fully saturated rings. The first-order valence-corrected chi connectivity index (χ1v) is 15.2. The number of methoxy groups -OCH3 is 1. The molecule has 1 unspecified atom stereocenters. The number of nitrogens with zero attached hydrogens (tertiary/aromatic N) is 2. The zero-order chi connectivity index (χ0) is 29.3. The summed E-state index contributed by atoms with van der Waals surface area (Å²) in [6.45, 7) is 5.79. The van der Waals surface area contributed by atoms with Crippen LogP contribution >= 0.6 is 0 Å². The normalized spacial score (nSPS) is 11.9. The van der Waals surface area contributed by atoms with E-state index in [2.05, 4.69) is 5.32 Å². The van der Waals surface area contributed by atoms with E-state index in [1.54, 1.807) is 25.3 Å². The predicted octanol–water partition coefficient (Wildman–Crippen LogP) is 4.24. The Morgan fingerprint density at radius 3 is 2.27 bits per heavy atom. The van der Waals surface area contributed by atoms with Crippen molar-refractivity contribution in [2.24, 2.45) is 0 Å². The van der Waals surface area contributed by atoms with Crippen LogP contribution in [0.4, 0.5) is 5.69 Å². The minimum atomic E-state index is -3.82. The van der Waals surface area contributed by atoms with Gasteiger partial charge in [0.2, 0.25) is 21.8 Å². The fraction of sp³-hybridized carbons (Fsp3) is 0.355. The molecule has 40 heavy (non-hydrogen) atoms. The molecule has 0 spiro atoms. The Hall–Kier alpha value is -3.85. The van der Waals surface area contributed by atoms with Gasteiger partial charge < -0.3 is 15.0 Å². The largest absolute Gasteiger partial charge is 0.497 e. The van der Waals surface area contributed by atoms with Crippen molar-refractivity contribution in [3.63, 3.8) is 0 Å². The van der Waals surface area contributed by atoms with Gasteiger partial charge in [-0.15, -0.1) is 0 Å². The lowest BCUT2D eigenvalue weighted by molar-refractivity contribution is -0.140. The molecule has 3 aromatic rings. The van der Waals surface area contributed by atoms with Gasteiger partial charge >= 0.3 is 0 Å². The molecule has 1 N–H and O–H groups in total. The Balaban J connectivity index is 2.08. The average molecular weight is 566 g/mol. The number of amides is 2. The zero-order valence-electron chi connectivity index (χ0n) is 23.9. The van der Waals surface area contributed by atoms with Crippen LogP contribution in [-0.4, -0.2) is 57.6 Å². The molecule has 0 saturated carbocycles. The Bertz CT molecular complexity index is 1410. The number of sulfonamides is 1. The summed E-state index contributed by atoms with van der Waals surface area (Å²) in [5, 5.41) is 2.94. The summed E-state index contributed by atoms with van der Waals surface area (Å²) in [5.74, 6) is -0.158. The lowest BCUT2D eigenvalue weighted by atomic mass is 10.0. The number of ether oxygens (including phenoxy) is 1. The summed E-state index contributed by atoms with van der Waals surface area (Å²) in [7, 11) is -2.26. The van der Waals surface area contributed by atoms with Crippen molar-refractivity contribution in [1.29, 1.82) is 0 Å². The lowest BCUT2D eigenvalue weighted by Gasteiger charge is -2.34. The number of benzene rings is 3. The van der Waals surface area contributed by atoms with Crippen molar-refractivity contribution in [3.8, 4) is 5.75 Å². The standard InChI is InChI=1S/C31H39N3O5S/c1-6-18-32-31(36)29(20-25-13-8-7-9-14-25)33(21-26-15-11-16-27(19-26)39-4)30(35)22-34(40(5,37)38)28-17-10-12-23(2)24(28)3/h7-17,19,29H,6,18,20-22H2,1-5H3,(H,32,36). The monoisotopic (exact) mass is 565 g/mol. The van der Waals surface area contributed by atoms with Gasteiger partial charge in [-0.2, -0.15) is 0 Å². The number of hydrogen-bond acceptors (Lipinski definition) is 5. The predicted molar refractivity (Wildman–Crippen MR) is 159 cm³/mol. The number of rotatable bonds is 13. The molecule has 3 aromatic carbocycles. The maximum Gasteiger partial charge on any atom is 0.244 e. The number of carbonyl (C=O) groups is 2. The molecule has 0 radical (unpaired) electrons. The van der Waals surface area contributed by atoms with Crippen LogP contribution in [0.25, 0.3) is 0 Å². The van der Waals surface area contributed by atoms with Crippen molar-refractivity contribution < 1.29 is 22.7 Å². The summed E-state index contributed by atoms with van der Waals surface area (Å²) in [6, 6.07) is 21.3. The van der Waals surface area contributed by atoms with Gasteiger partial charge in [-0.25, -0.2) is 8.42 Å². The van der Waals surface area contributed by atoms with Crippen LogP contribution in [-0.2, 0) is 32.6 Å². The highest BCUT2D eigenvalue weighted by atomic mass is 32.2. The first kappa shape index (κ1) is 30.7. The van der Waals surface area contributed by atoms with E-state index in [1.165, 1.54) is 4.90 Å². The van der Waals surface area contributed by atoms with Crippen LogP contribution < -0.4 is 14.4 Å². The van der Waals surface area contributed by atoms with Crippen molar-refractivity contribution in [2.75, 3.05) is 30.8 Å². The smallest absolute Gasteiger partial charge is 0.244 e. The highest BCUT2D eigenvalue weighted by Gasteiger charge is 2.33. The fourth-order valence-electron chi connectivity index (χ4n) is 4.49. The molecule has 8 nitrogen and oxygen atoms in total. The van der Waals surface area contributed by atoms with E-state index in [4.69, 9.17) is 4.74 Å². The molecule has 3 rings (SSSR count). The third kappa shape index (κ3) is 8.08. The first-order valence-electron chi connectivity index (χ1n) is 13.3. The number of carbonyl (C=O) groups excluding carboxylic acids is 2. The summed E-state index contributed by atoms with van der Waals surface area (Å²) >= 11 is 0. The van der Waals surface area contributed by atoms with E-state index in [-0.39, 0.29) is 18.9 Å². The molecule has 0 aliphatic rings. The van der Waals surface area contributed by atoms with E-state index >= 15 is 0 Å². The lowest BCUT2D eigenvalue weighted by Crippen LogP contribution is -2.53. The van der Waals surface area contributed by atoms with E-state index < -0.39 is 28.5 Å². The Labute approximate surface area is 238 Å². The topological polar surface area (TPSA) is 96.0 Å². The summed E-state index contributed by atoms with van der Waals surface area (Å²) in [6.07, 6.45) is 2.10. The third-order valence-electron chi connectivity index (χ3n) is 6.83. The summed E-state index contributed by atoms with van der Waals surface area (Å²) in [4.78, 5) is 29.2. The molecular formula is C31H39N3O5S. The SMILES string of the molecule is CCCNC(=O)C(Cc1ccccc1)N(Cc1cccc(OC)c1)C(=O)CN(c1cccc(C)c1C)S(C)(=O)=O. The van der Waals surface area contributed by atoms with Crippen LogP contribution in [0.5, 0.6) is 5.75 Å². The van der Waals surface area contributed by atoms with Gasteiger partial charge in [-0.1, -0.05) is 61.5 Å². The van der Waals surface area contributed by atoms with E-state index in [9.17, 15) is 18.0 Å². The highest BCUT2D eigenvalue weighted by Crippen LogP contribution is 2.26. The zero-order valence-corrected chi connectivity index (χ0v) is 24.7. The minimum Gasteiger partial charge on any atom is -0.497 e. The maximum absolute atomic E-state index is 14.1. The summed E-state index contributed by atoms with van der Waals surface area (Å²) < 4.78 is 32.5. The number of aryl methyl sites for hydroxylation is 1. The third-order valence-corrected chi connectivity index (χ3v) is 7.96. The Morgan fingerprint density at radius 1 is 0.950 bits per heavy atom. The number of hydrogen-bond donors (Lipinski definition) is 1. The quantitative estimate of drug-likeness (QED) is 0.334. The van der Waals surface area contributed by atoms with Gasteiger partial charge in [0.1, 0.15) is 18.3 Å². The van der Waals surface area contributed by atoms with Crippen molar-refractivity contribution in [1.82, 2.24) is 10.2 Å². The second kappa shape index (κ2) is 14.0. The van der Waals surface area contributed by atoms with Crippen LogP contribution in [0.2, 0.25) is 0 Å². The number of anilines is 1. The molecule has 0 bridgehead atoms. The van der Waals surface area contributed by atoms with E-state index in [0.717, 1.165) is 39.2 Å². The van der Waals surface area contributed by atoms with Crippen molar-refractivity contribution >= 4 is 27.5 Å². The van der Waals surface area contributed by atoms with Crippen molar-refractivity contribution in [2.45, 2.75) is 46.2 Å². The van der Waals surface area contributed by atoms with Gasteiger partial charge in [0.05, 0.1) is 19.1 Å². The van der Waals surface area contributed by atoms with Crippen molar-refractivity contribution in [3.05, 3.63) is 95.1 Å². The van der Waals surface area contributed by atoms with E-state index in [0.29, 0.717) is 18.0 Å². The molecule has 0 aliphatic heterocycles. The molecule has 214 valence electrons. The molecule has 0 aliphatic carbocycles. The first-order chi connectivity index (χ1) is 19.0.